The molecule has 2 rings (SSSR count). The number of hydrogen-bond donors (Lipinski definition) is 1. The summed E-state index contributed by atoms with van der Waals surface area (Å²) in [5.74, 6) is -0.0747. The number of aryl methyl sites for hydroxylation is 1. The van der Waals surface area contributed by atoms with Crippen molar-refractivity contribution in [1.82, 2.24) is 4.98 Å². The predicted octanol–water partition coefficient (Wildman–Crippen LogP) is 2.68. The minimum absolute atomic E-state index is 0.0708. The number of ether oxygens (including phenoxy) is 2. The molecule has 0 bridgehead atoms. The van der Waals surface area contributed by atoms with Crippen molar-refractivity contribution in [3.63, 3.8) is 0 Å². The molecule has 0 aliphatic heterocycles. The van der Waals surface area contributed by atoms with Gasteiger partial charge in [-0.3, -0.25) is 0 Å². The summed E-state index contributed by atoms with van der Waals surface area (Å²) in [5.41, 5.74) is 1.49. The molecule has 5 heteroatoms. The first-order chi connectivity index (χ1) is 9.60. The average molecular weight is 273 g/mol. The Morgan fingerprint density at radius 3 is 2.50 bits per heavy atom. The molecule has 1 N–H and O–H groups in total. The van der Waals surface area contributed by atoms with Crippen LogP contribution in [0.4, 0.5) is 0 Å². The van der Waals surface area contributed by atoms with Gasteiger partial charge in [0.1, 0.15) is 12.4 Å². The molecule has 2 aromatic rings. The quantitative estimate of drug-likeness (QED) is 0.907. The van der Waals surface area contributed by atoms with Crippen molar-refractivity contribution in [2.24, 2.45) is 0 Å². The Bertz CT molecular complexity index is 608. The monoisotopic (exact) mass is 273 g/mol. The van der Waals surface area contributed by atoms with E-state index in [1.807, 2.05) is 24.3 Å². The topological polar surface area (TPSA) is 68.7 Å². The summed E-state index contributed by atoms with van der Waals surface area (Å²) < 4.78 is 10.6. The molecule has 5 nitrogen and oxygen atoms in total. The van der Waals surface area contributed by atoms with E-state index < -0.39 is 5.97 Å². The van der Waals surface area contributed by atoms with Crippen molar-refractivity contribution >= 4 is 5.97 Å². The molecule has 0 saturated heterocycles. The average Bonchev–Trinajstić information content (AvgIpc) is 2.46. The predicted molar refractivity (Wildman–Crippen MR) is 73.3 cm³/mol. The van der Waals surface area contributed by atoms with Gasteiger partial charge in [-0.25, -0.2) is 9.78 Å². The third-order valence-electron chi connectivity index (χ3n) is 2.75. The molecule has 104 valence electrons. The van der Waals surface area contributed by atoms with Crippen LogP contribution in [-0.4, -0.2) is 23.2 Å². The number of aromatic nitrogens is 1. The standard InChI is InChI=1S/C15H15NO4/c1-10-3-8-13(14(16-10)15(17)18)20-9-11-4-6-12(19-2)7-5-11/h3-8H,9H2,1-2H3,(H,17,18). The molecular formula is C15H15NO4. The van der Waals surface area contributed by atoms with E-state index >= 15 is 0 Å². The highest BCUT2D eigenvalue weighted by Gasteiger charge is 2.13. The zero-order valence-corrected chi connectivity index (χ0v) is 11.3. The SMILES string of the molecule is COc1ccc(COc2ccc(C)nc2C(=O)O)cc1. The van der Waals surface area contributed by atoms with Crippen LogP contribution < -0.4 is 9.47 Å². The molecule has 0 aliphatic carbocycles. The van der Waals surface area contributed by atoms with E-state index in [4.69, 9.17) is 14.6 Å². The summed E-state index contributed by atoms with van der Waals surface area (Å²) in [7, 11) is 1.60. The van der Waals surface area contributed by atoms with Crippen molar-refractivity contribution in [1.29, 1.82) is 0 Å². The third-order valence-corrected chi connectivity index (χ3v) is 2.75. The molecule has 0 radical (unpaired) electrons. The number of carboxylic acids is 1. The molecule has 0 atom stereocenters. The fraction of sp³-hybridized carbons (Fsp3) is 0.200. The van der Waals surface area contributed by atoms with E-state index in [2.05, 4.69) is 4.98 Å². The molecule has 0 amide bonds. The Kier molecular flexibility index (Phi) is 4.20. The molecule has 1 aromatic carbocycles. The van der Waals surface area contributed by atoms with Crippen LogP contribution >= 0.6 is 0 Å². The van der Waals surface area contributed by atoms with Gasteiger partial charge in [0, 0.05) is 5.69 Å². The first-order valence-electron chi connectivity index (χ1n) is 6.07. The summed E-state index contributed by atoms with van der Waals surface area (Å²) in [6.45, 7) is 2.01. The lowest BCUT2D eigenvalue weighted by atomic mass is 10.2. The molecule has 0 saturated carbocycles. The van der Waals surface area contributed by atoms with Crippen LogP contribution in [0.5, 0.6) is 11.5 Å². The summed E-state index contributed by atoms with van der Waals surface area (Å²) in [6.07, 6.45) is 0. The van der Waals surface area contributed by atoms with Crippen molar-refractivity contribution < 1.29 is 19.4 Å². The molecule has 1 heterocycles. The fourth-order valence-electron chi connectivity index (χ4n) is 1.70. The van der Waals surface area contributed by atoms with E-state index in [9.17, 15) is 4.79 Å². The van der Waals surface area contributed by atoms with Crippen LogP contribution in [-0.2, 0) is 6.61 Å². The Morgan fingerprint density at radius 1 is 1.20 bits per heavy atom. The number of carboxylic acid groups (broad SMARTS) is 1. The summed E-state index contributed by atoms with van der Waals surface area (Å²) >= 11 is 0. The van der Waals surface area contributed by atoms with E-state index in [0.717, 1.165) is 11.3 Å². The van der Waals surface area contributed by atoms with Crippen molar-refractivity contribution in [2.75, 3.05) is 7.11 Å². The van der Waals surface area contributed by atoms with Gasteiger partial charge in [0.15, 0.2) is 11.4 Å². The lowest BCUT2D eigenvalue weighted by molar-refractivity contribution is 0.0684. The normalized spacial score (nSPS) is 10.1. The maximum absolute atomic E-state index is 11.1. The van der Waals surface area contributed by atoms with Gasteiger partial charge in [0.05, 0.1) is 7.11 Å². The Morgan fingerprint density at radius 2 is 1.90 bits per heavy atom. The zero-order chi connectivity index (χ0) is 14.5. The summed E-state index contributed by atoms with van der Waals surface area (Å²) in [6, 6.07) is 10.7. The Balaban J connectivity index is 2.12. The second-order valence-electron chi connectivity index (χ2n) is 4.24. The van der Waals surface area contributed by atoms with Crippen LogP contribution in [0, 0.1) is 6.92 Å². The zero-order valence-electron chi connectivity index (χ0n) is 11.3. The lowest BCUT2D eigenvalue weighted by Crippen LogP contribution is -2.06. The maximum atomic E-state index is 11.1. The number of benzene rings is 1. The van der Waals surface area contributed by atoms with E-state index in [1.54, 1.807) is 26.2 Å². The number of methoxy groups -OCH3 is 1. The van der Waals surface area contributed by atoms with Gasteiger partial charge >= 0.3 is 5.97 Å². The highest BCUT2D eigenvalue weighted by atomic mass is 16.5. The van der Waals surface area contributed by atoms with Crippen LogP contribution in [0.1, 0.15) is 21.7 Å². The number of aromatic carboxylic acids is 1. The van der Waals surface area contributed by atoms with Crippen LogP contribution in [0.2, 0.25) is 0 Å². The lowest BCUT2D eigenvalue weighted by Gasteiger charge is -2.09. The van der Waals surface area contributed by atoms with E-state index in [0.29, 0.717) is 5.69 Å². The Hall–Kier alpha value is -2.56. The molecule has 0 fully saturated rings. The third kappa shape index (κ3) is 3.26. The fourth-order valence-corrected chi connectivity index (χ4v) is 1.70. The molecule has 1 aromatic heterocycles. The van der Waals surface area contributed by atoms with Crippen molar-refractivity contribution in [3.05, 3.63) is 53.3 Å². The molecule has 20 heavy (non-hydrogen) atoms. The minimum atomic E-state index is -1.10. The number of pyridine rings is 1. The van der Waals surface area contributed by atoms with Gasteiger partial charge in [-0.05, 0) is 36.8 Å². The van der Waals surface area contributed by atoms with Gasteiger partial charge in [0.25, 0.3) is 0 Å². The number of rotatable bonds is 5. The molecule has 0 aliphatic rings. The Labute approximate surface area is 116 Å². The number of carbonyl (C=O) groups is 1. The summed E-state index contributed by atoms with van der Waals surface area (Å²) in [4.78, 5) is 15.1. The summed E-state index contributed by atoms with van der Waals surface area (Å²) in [5, 5.41) is 9.10. The smallest absolute Gasteiger partial charge is 0.358 e. The van der Waals surface area contributed by atoms with E-state index in [1.165, 1.54) is 0 Å². The van der Waals surface area contributed by atoms with E-state index in [-0.39, 0.29) is 18.1 Å². The minimum Gasteiger partial charge on any atom is -0.497 e. The highest BCUT2D eigenvalue weighted by molar-refractivity contribution is 5.88. The number of nitrogens with zero attached hydrogens (tertiary/aromatic N) is 1. The second-order valence-corrected chi connectivity index (χ2v) is 4.24. The first-order valence-corrected chi connectivity index (χ1v) is 6.07. The van der Waals surface area contributed by atoms with Gasteiger partial charge in [-0.15, -0.1) is 0 Å². The first kappa shape index (κ1) is 13.9. The molecule has 0 unspecified atom stereocenters. The second kappa shape index (κ2) is 6.06. The largest absolute Gasteiger partial charge is 0.497 e. The molecule has 0 spiro atoms. The van der Waals surface area contributed by atoms with Gasteiger partial charge in [-0.1, -0.05) is 12.1 Å². The van der Waals surface area contributed by atoms with Crippen LogP contribution in [0.15, 0.2) is 36.4 Å². The van der Waals surface area contributed by atoms with Gasteiger partial charge in [-0.2, -0.15) is 0 Å². The van der Waals surface area contributed by atoms with Gasteiger partial charge < -0.3 is 14.6 Å². The maximum Gasteiger partial charge on any atom is 0.358 e. The van der Waals surface area contributed by atoms with Crippen LogP contribution in [0.25, 0.3) is 0 Å². The molecular weight excluding hydrogens is 258 g/mol. The van der Waals surface area contributed by atoms with Crippen LogP contribution in [0.3, 0.4) is 0 Å². The van der Waals surface area contributed by atoms with Gasteiger partial charge in [0.2, 0.25) is 0 Å². The van der Waals surface area contributed by atoms with Crippen molar-refractivity contribution in [3.8, 4) is 11.5 Å². The highest BCUT2D eigenvalue weighted by Crippen LogP contribution is 2.19. The number of hydrogen-bond acceptors (Lipinski definition) is 4. The van der Waals surface area contributed by atoms with Crippen molar-refractivity contribution in [2.45, 2.75) is 13.5 Å².